The number of anilines is 1. The first-order valence-electron chi connectivity index (χ1n) is 8.67. The number of aliphatic hydroxyl groups excluding tert-OH is 1. The summed E-state index contributed by atoms with van der Waals surface area (Å²) in [6.07, 6.45) is -0.0353. The van der Waals surface area contributed by atoms with E-state index in [0.717, 1.165) is 5.69 Å². The van der Waals surface area contributed by atoms with Crippen molar-refractivity contribution in [2.24, 2.45) is 0 Å². The smallest absolute Gasteiger partial charge is 0.347 e. The monoisotopic (exact) mass is 376 g/mol. The molecule has 3 N–H and O–H groups in total. The summed E-state index contributed by atoms with van der Waals surface area (Å²) in [6, 6.07) is 3.60. The molecule has 0 aromatic carbocycles. The van der Waals surface area contributed by atoms with Crippen molar-refractivity contribution in [3.8, 4) is 0 Å². The van der Waals surface area contributed by atoms with E-state index in [9.17, 15) is 14.7 Å². The summed E-state index contributed by atoms with van der Waals surface area (Å²) < 4.78 is 17.8. The molecule has 2 aliphatic heterocycles. The molecular weight excluding hydrogens is 356 g/mol. The molecule has 2 aromatic rings. The quantitative estimate of drug-likeness (QED) is 0.713. The molecule has 2 saturated heterocycles. The van der Waals surface area contributed by atoms with Crippen LogP contribution in [0.2, 0.25) is 0 Å². The van der Waals surface area contributed by atoms with Gasteiger partial charge in [0.2, 0.25) is 0 Å². The van der Waals surface area contributed by atoms with E-state index in [4.69, 9.17) is 19.9 Å². The van der Waals surface area contributed by atoms with Crippen LogP contribution in [0.3, 0.4) is 0 Å². The van der Waals surface area contributed by atoms with Crippen LogP contribution in [0.4, 0.5) is 5.82 Å². The highest BCUT2D eigenvalue weighted by Crippen LogP contribution is 2.40. The van der Waals surface area contributed by atoms with Gasteiger partial charge in [0.25, 0.3) is 0 Å². The number of aromatic nitrogens is 3. The van der Waals surface area contributed by atoms with Gasteiger partial charge in [-0.15, -0.1) is 0 Å². The number of rotatable bonds is 4. The summed E-state index contributed by atoms with van der Waals surface area (Å²) >= 11 is 0. The number of carbonyl (C=O) groups excluding carboxylic acids is 2. The molecule has 0 unspecified atom stereocenters. The van der Waals surface area contributed by atoms with Gasteiger partial charge in [0.1, 0.15) is 30.2 Å². The van der Waals surface area contributed by atoms with E-state index in [1.165, 1.54) is 6.33 Å². The second-order valence-electron chi connectivity index (χ2n) is 7.00. The lowest BCUT2D eigenvalue weighted by Gasteiger charge is -2.27. The summed E-state index contributed by atoms with van der Waals surface area (Å²) in [5.41, 5.74) is 6.12. The lowest BCUT2D eigenvalue weighted by molar-refractivity contribution is -0.172. The zero-order chi connectivity index (χ0) is 19.2. The van der Waals surface area contributed by atoms with Crippen molar-refractivity contribution in [2.75, 3.05) is 12.3 Å². The Morgan fingerprint density at radius 3 is 3.07 bits per heavy atom. The Hall–Kier alpha value is -2.72. The molecule has 0 spiro atoms. The topological polar surface area (TPSA) is 138 Å². The van der Waals surface area contributed by atoms with Crippen molar-refractivity contribution >= 4 is 23.3 Å². The fourth-order valence-electron chi connectivity index (χ4n) is 3.43. The number of carbonyl (C=O) groups is 2. The summed E-state index contributed by atoms with van der Waals surface area (Å²) in [5.74, 6) is -0.700. The number of ether oxygens (including phenoxy) is 3. The summed E-state index contributed by atoms with van der Waals surface area (Å²) in [6.45, 7) is 1.52. The maximum atomic E-state index is 12.0. The highest BCUT2D eigenvalue weighted by Gasteiger charge is 2.47. The summed E-state index contributed by atoms with van der Waals surface area (Å²) in [4.78, 5) is 27.1. The van der Waals surface area contributed by atoms with E-state index in [1.54, 1.807) is 17.5 Å². The minimum atomic E-state index is -1.09. The standard InChI is InChI=1S/C17H20N4O6/c1-17(7-25-16(24)11-4-5-14(23)26-11)13(22)6-12(27-17)9-2-3-10-15(18)19-8-20-21(9)10/h2-3,8,11-13,22H,4-7H2,1H3,(H2,18,19,20)/t11-,12-,13+,17-/m1/s1. The minimum absolute atomic E-state index is 0.155. The van der Waals surface area contributed by atoms with Gasteiger partial charge in [-0.2, -0.15) is 5.10 Å². The normalized spacial score (nSPS) is 30.6. The van der Waals surface area contributed by atoms with Crippen LogP contribution in [0.25, 0.3) is 5.52 Å². The molecule has 2 fully saturated rings. The first kappa shape index (κ1) is 17.7. The van der Waals surface area contributed by atoms with Crippen LogP contribution >= 0.6 is 0 Å². The number of esters is 2. The number of nitrogen functional groups attached to an aromatic ring is 1. The van der Waals surface area contributed by atoms with Crippen LogP contribution < -0.4 is 5.73 Å². The van der Waals surface area contributed by atoms with Crippen molar-refractivity contribution in [1.82, 2.24) is 14.6 Å². The number of fused-ring (bicyclic) bond motifs is 1. The molecule has 0 radical (unpaired) electrons. The molecule has 2 aromatic heterocycles. The number of hydrogen-bond acceptors (Lipinski definition) is 9. The number of nitrogens with zero attached hydrogens (tertiary/aromatic N) is 3. The van der Waals surface area contributed by atoms with Gasteiger partial charge >= 0.3 is 11.9 Å². The van der Waals surface area contributed by atoms with Crippen molar-refractivity contribution in [2.45, 2.75) is 50.1 Å². The van der Waals surface area contributed by atoms with Gasteiger partial charge in [0.15, 0.2) is 11.9 Å². The van der Waals surface area contributed by atoms with Gasteiger partial charge in [-0.05, 0) is 19.1 Å². The number of nitrogens with two attached hydrogens (primary N) is 1. The summed E-state index contributed by atoms with van der Waals surface area (Å²) in [7, 11) is 0. The molecule has 0 amide bonds. The molecular formula is C17H20N4O6. The van der Waals surface area contributed by atoms with Crippen molar-refractivity contribution in [3.05, 3.63) is 24.2 Å². The highest BCUT2D eigenvalue weighted by molar-refractivity contribution is 5.82. The predicted molar refractivity (Wildman–Crippen MR) is 90.3 cm³/mol. The molecule has 10 nitrogen and oxygen atoms in total. The SMILES string of the molecule is C[C@]1(COC(=O)[C@H]2CCC(=O)O2)O[C@@H](c2ccc3c(N)ncnn23)C[C@@H]1O. The largest absolute Gasteiger partial charge is 0.460 e. The number of hydrogen-bond donors (Lipinski definition) is 2. The van der Waals surface area contributed by atoms with Crippen LogP contribution in [-0.2, 0) is 23.8 Å². The first-order valence-corrected chi connectivity index (χ1v) is 8.67. The Morgan fingerprint density at radius 1 is 1.52 bits per heavy atom. The molecule has 0 aliphatic carbocycles. The molecule has 4 atom stereocenters. The Labute approximate surface area is 154 Å². The Morgan fingerprint density at radius 2 is 2.33 bits per heavy atom. The van der Waals surface area contributed by atoms with E-state index in [2.05, 4.69) is 10.1 Å². The lowest BCUT2D eigenvalue weighted by atomic mass is 9.99. The average molecular weight is 376 g/mol. The van der Waals surface area contributed by atoms with Gasteiger partial charge in [-0.25, -0.2) is 14.3 Å². The lowest BCUT2D eigenvalue weighted by Crippen LogP contribution is -2.42. The maximum Gasteiger partial charge on any atom is 0.347 e. The van der Waals surface area contributed by atoms with Gasteiger partial charge in [0.05, 0.1) is 11.8 Å². The van der Waals surface area contributed by atoms with E-state index in [-0.39, 0.29) is 13.0 Å². The molecule has 4 rings (SSSR count). The minimum Gasteiger partial charge on any atom is -0.460 e. The first-order chi connectivity index (χ1) is 12.9. The van der Waals surface area contributed by atoms with Crippen LogP contribution in [-0.4, -0.2) is 56.1 Å². The van der Waals surface area contributed by atoms with Crippen LogP contribution in [0.5, 0.6) is 0 Å². The zero-order valence-corrected chi connectivity index (χ0v) is 14.7. The van der Waals surface area contributed by atoms with Crippen LogP contribution in [0.15, 0.2) is 18.5 Å². The number of cyclic esters (lactones) is 1. The summed E-state index contributed by atoms with van der Waals surface area (Å²) in [5, 5.41) is 14.7. The molecule has 0 bridgehead atoms. The third kappa shape index (κ3) is 3.10. The Balaban J connectivity index is 1.46. The molecule has 2 aliphatic rings. The van der Waals surface area contributed by atoms with Crippen LogP contribution in [0, 0.1) is 0 Å². The second kappa shape index (κ2) is 6.46. The van der Waals surface area contributed by atoms with Gasteiger partial charge < -0.3 is 25.1 Å². The van der Waals surface area contributed by atoms with E-state index in [1.807, 2.05) is 6.07 Å². The van der Waals surface area contributed by atoms with Crippen molar-refractivity contribution in [3.63, 3.8) is 0 Å². The molecule has 27 heavy (non-hydrogen) atoms. The Bertz CT molecular complexity index is 899. The third-order valence-electron chi connectivity index (χ3n) is 5.04. The zero-order valence-electron chi connectivity index (χ0n) is 14.7. The van der Waals surface area contributed by atoms with E-state index < -0.39 is 35.9 Å². The highest BCUT2D eigenvalue weighted by atomic mass is 16.6. The molecule has 10 heteroatoms. The van der Waals surface area contributed by atoms with Gasteiger partial charge in [0, 0.05) is 19.3 Å². The average Bonchev–Trinajstić information content (AvgIpc) is 3.32. The fourth-order valence-corrected chi connectivity index (χ4v) is 3.43. The van der Waals surface area contributed by atoms with E-state index >= 15 is 0 Å². The maximum absolute atomic E-state index is 12.0. The van der Waals surface area contributed by atoms with Crippen molar-refractivity contribution in [1.29, 1.82) is 0 Å². The predicted octanol–water partition coefficient (Wildman–Crippen LogP) is 0.141. The fraction of sp³-hybridized carbons (Fsp3) is 0.529. The van der Waals surface area contributed by atoms with Gasteiger partial charge in [-0.3, -0.25) is 4.79 Å². The molecule has 4 heterocycles. The van der Waals surface area contributed by atoms with Crippen LogP contribution in [0.1, 0.15) is 38.0 Å². The number of aliphatic hydroxyl groups is 1. The van der Waals surface area contributed by atoms with Crippen molar-refractivity contribution < 1.29 is 28.9 Å². The molecule has 144 valence electrons. The second-order valence-corrected chi connectivity index (χ2v) is 7.00. The van der Waals surface area contributed by atoms with E-state index in [0.29, 0.717) is 24.2 Å². The molecule has 0 saturated carbocycles. The third-order valence-corrected chi connectivity index (χ3v) is 5.04. The Kier molecular flexibility index (Phi) is 4.23. The van der Waals surface area contributed by atoms with Gasteiger partial charge in [-0.1, -0.05) is 0 Å².